The zero-order valence-electron chi connectivity index (χ0n) is 31.2. The summed E-state index contributed by atoms with van der Waals surface area (Å²) in [6, 6.07) is -0.814. The molecule has 0 spiro atoms. The lowest BCUT2D eigenvalue weighted by molar-refractivity contribution is -0.302. The van der Waals surface area contributed by atoms with Gasteiger partial charge in [-0.15, -0.1) is 0 Å². The first-order valence-electron chi connectivity index (χ1n) is 20.1. The largest absolute Gasteiger partial charge is 0.394 e. The van der Waals surface area contributed by atoms with E-state index < -0.39 is 49.5 Å². The van der Waals surface area contributed by atoms with E-state index in [4.69, 9.17) is 9.47 Å². The zero-order chi connectivity index (χ0) is 36.0. The molecule has 1 heterocycles. The SMILES string of the molecule is CCCCCCCCCC=CCC/C=C/[C@@H](O)[C@H](CO[C@@H]1O[C@H](CO)[C@@H](O)[C@H](O)[C@H]1O)NC(=O)CCCCCCCCCCCCCCC. The van der Waals surface area contributed by atoms with Crippen molar-refractivity contribution >= 4 is 5.91 Å². The van der Waals surface area contributed by atoms with Gasteiger partial charge in [-0.1, -0.05) is 154 Å². The Morgan fingerprint density at radius 1 is 0.673 bits per heavy atom. The van der Waals surface area contributed by atoms with Crippen molar-refractivity contribution in [2.75, 3.05) is 13.2 Å². The molecule has 1 aliphatic rings. The van der Waals surface area contributed by atoms with Gasteiger partial charge in [0.15, 0.2) is 6.29 Å². The molecule has 1 amide bonds. The highest BCUT2D eigenvalue weighted by atomic mass is 16.7. The molecule has 9 nitrogen and oxygen atoms in total. The standard InChI is InChI=1S/C40H75NO8/c1-3-5-7-9-11-13-15-17-19-21-23-25-27-29-34(43)33(32-48-40-39(47)38(46)37(45)35(31-42)49-40)41-36(44)30-28-26-24-22-20-18-16-14-12-10-8-6-4-2/h19,21,27,29,33-35,37-40,42-43,45-47H,3-18,20,22-26,28,30-32H2,1-2H3,(H,41,44)/b21-19?,29-27+/t33-,34+,35+,37+,38-,39+,40+/m0/s1. The Bertz CT molecular complexity index is 822. The van der Waals surface area contributed by atoms with Crippen LogP contribution in [0.5, 0.6) is 0 Å². The average molecular weight is 698 g/mol. The van der Waals surface area contributed by atoms with Gasteiger partial charge in [0.05, 0.1) is 25.4 Å². The Morgan fingerprint density at radius 3 is 1.71 bits per heavy atom. The first kappa shape index (κ1) is 45.7. The first-order valence-corrected chi connectivity index (χ1v) is 20.1. The number of unbranched alkanes of at least 4 members (excludes halogenated alkanes) is 20. The maximum Gasteiger partial charge on any atom is 0.220 e. The number of aliphatic hydroxyl groups excluding tert-OH is 5. The van der Waals surface area contributed by atoms with Crippen LogP contribution in [0.25, 0.3) is 0 Å². The van der Waals surface area contributed by atoms with Crippen molar-refractivity contribution < 1.29 is 39.8 Å². The van der Waals surface area contributed by atoms with Gasteiger partial charge in [0.2, 0.25) is 5.91 Å². The van der Waals surface area contributed by atoms with Crippen molar-refractivity contribution in [3.8, 4) is 0 Å². The molecule has 0 aromatic carbocycles. The fourth-order valence-corrected chi connectivity index (χ4v) is 6.23. The van der Waals surface area contributed by atoms with Crippen molar-refractivity contribution in [1.29, 1.82) is 0 Å². The minimum atomic E-state index is -1.57. The van der Waals surface area contributed by atoms with Crippen LogP contribution in [0.15, 0.2) is 24.3 Å². The van der Waals surface area contributed by atoms with Crippen LogP contribution in [-0.2, 0) is 14.3 Å². The Labute approximate surface area is 298 Å². The lowest BCUT2D eigenvalue weighted by atomic mass is 9.99. The van der Waals surface area contributed by atoms with E-state index in [1.807, 2.05) is 6.08 Å². The molecule has 1 saturated heterocycles. The summed E-state index contributed by atoms with van der Waals surface area (Å²) in [5.74, 6) is -0.189. The number of allylic oxidation sites excluding steroid dienone is 3. The van der Waals surface area contributed by atoms with Gasteiger partial charge in [-0.25, -0.2) is 0 Å². The van der Waals surface area contributed by atoms with Crippen LogP contribution in [0.1, 0.15) is 168 Å². The predicted molar refractivity (Wildman–Crippen MR) is 198 cm³/mol. The summed E-state index contributed by atoms with van der Waals surface area (Å²) in [7, 11) is 0. The minimum Gasteiger partial charge on any atom is -0.394 e. The molecule has 1 aliphatic heterocycles. The number of carbonyl (C=O) groups is 1. The van der Waals surface area contributed by atoms with Crippen molar-refractivity contribution in [2.45, 2.75) is 211 Å². The van der Waals surface area contributed by atoms with Crippen molar-refractivity contribution in [3.63, 3.8) is 0 Å². The van der Waals surface area contributed by atoms with Crippen LogP contribution >= 0.6 is 0 Å². The van der Waals surface area contributed by atoms with Crippen LogP contribution in [-0.4, -0.2) is 87.5 Å². The molecule has 0 aromatic rings. The first-order chi connectivity index (χ1) is 23.8. The van der Waals surface area contributed by atoms with Gasteiger partial charge in [-0.2, -0.15) is 0 Å². The summed E-state index contributed by atoms with van der Waals surface area (Å²) in [6.45, 7) is 3.72. The lowest BCUT2D eigenvalue weighted by Crippen LogP contribution is -2.60. The van der Waals surface area contributed by atoms with Crippen LogP contribution in [0.4, 0.5) is 0 Å². The summed E-state index contributed by atoms with van der Waals surface area (Å²) in [6.07, 6.45) is 27.9. The minimum absolute atomic E-state index is 0.189. The third-order valence-corrected chi connectivity index (χ3v) is 9.53. The third kappa shape index (κ3) is 23.0. The fourth-order valence-electron chi connectivity index (χ4n) is 6.23. The molecule has 0 saturated carbocycles. The van der Waals surface area contributed by atoms with Gasteiger partial charge in [0.25, 0.3) is 0 Å². The highest BCUT2D eigenvalue weighted by molar-refractivity contribution is 5.76. The normalized spacial score (nSPS) is 22.6. The zero-order valence-corrected chi connectivity index (χ0v) is 31.2. The van der Waals surface area contributed by atoms with Crippen molar-refractivity contribution in [2.24, 2.45) is 0 Å². The summed E-state index contributed by atoms with van der Waals surface area (Å²) < 4.78 is 11.1. The second kappa shape index (κ2) is 31.4. The number of rotatable bonds is 32. The Kier molecular flexibility index (Phi) is 29.3. The molecule has 0 unspecified atom stereocenters. The average Bonchev–Trinajstić information content (AvgIpc) is 3.10. The highest BCUT2D eigenvalue weighted by Crippen LogP contribution is 2.22. The van der Waals surface area contributed by atoms with Crippen molar-refractivity contribution in [3.05, 3.63) is 24.3 Å². The predicted octanol–water partition coefficient (Wildman–Crippen LogP) is 7.16. The van der Waals surface area contributed by atoms with E-state index in [1.165, 1.54) is 109 Å². The van der Waals surface area contributed by atoms with Crippen molar-refractivity contribution in [1.82, 2.24) is 5.32 Å². The maximum absolute atomic E-state index is 12.9. The van der Waals surface area contributed by atoms with Gasteiger partial charge >= 0.3 is 0 Å². The molecule has 0 radical (unpaired) electrons. The molecule has 6 N–H and O–H groups in total. The Hall–Kier alpha value is -1.33. The quantitative estimate of drug-likeness (QED) is 0.0320. The molecule has 0 bridgehead atoms. The molecule has 1 fully saturated rings. The number of hydrogen-bond donors (Lipinski definition) is 6. The van der Waals surface area contributed by atoms with E-state index >= 15 is 0 Å². The van der Waals surface area contributed by atoms with E-state index in [0.29, 0.717) is 6.42 Å². The number of aliphatic hydroxyl groups is 5. The molecule has 49 heavy (non-hydrogen) atoms. The summed E-state index contributed by atoms with van der Waals surface area (Å²) in [4.78, 5) is 12.9. The van der Waals surface area contributed by atoms with Crippen LogP contribution in [0.2, 0.25) is 0 Å². The van der Waals surface area contributed by atoms with E-state index in [9.17, 15) is 30.3 Å². The summed E-state index contributed by atoms with van der Waals surface area (Å²) in [5, 5.41) is 53.9. The Morgan fingerprint density at radius 2 is 1.16 bits per heavy atom. The van der Waals surface area contributed by atoms with E-state index in [-0.39, 0.29) is 12.5 Å². The lowest BCUT2D eigenvalue weighted by Gasteiger charge is -2.40. The molecule has 0 aromatic heterocycles. The summed E-state index contributed by atoms with van der Waals surface area (Å²) >= 11 is 0. The van der Waals surface area contributed by atoms with E-state index in [1.54, 1.807) is 6.08 Å². The van der Waals surface area contributed by atoms with Gasteiger partial charge < -0.3 is 40.3 Å². The smallest absolute Gasteiger partial charge is 0.220 e. The number of ether oxygens (including phenoxy) is 2. The number of carbonyl (C=O) groups excluding carboxylic acids is 1. The second-order valence-electron chi connectivity index (χ2n) is 14.1. The van der Waals surface area contributed by atoms with E-state index in [0.717, 1.165) is 38.5 Å². The maximum atomic E-state index is 12.9. The molecular weight excluding hydrogens is 622 g/mol. The van der Waals surface area contributed by atoms with E-state index in [2.05, 4.69) is 31.3 Å². The molecule has 288 valence electrons. The molecule has 1 rings (SSSR count). The molecular formula is C40H75NO8. The molecule has 0 aliphatic carbocycles. The monoisotopic (exact) mass is 698 g/mol. The van der Waals surface area contributed by atoms with Gasteiger partial charge in [0.1, 0.15) is 24.4 Å². The summed E-state index contributed by atoms with van der Waals surface area (Å²) in [5.41, 5.74) is 0. The third-order valence-electron chi connectivity index (χ3n) is 9.53. The van der Waals surface area contributed by atoms with Gasteiger partial charge in [0, 0.05) is 6.42 Å². The van der Waals surface area contributed by atoms with Gasteiger partial charge in [-0.05, 0) is 32.1 Å². The second-order valence-corrected chi connectivity index (χ2v) is 14.1. The fraction of sp³-hybridized carbons (Fsp3) is 0.875. The number of nitrogens with one attached hydrogen (secondary N) is 1. The number of amides is 1. The van der Waals surface area contributed by atoms with Gasteiger partial charge in [-0.3, -0.25) is 4.79 Å². The van der Waals surface area contributed by atoms with Crippen LogP contribution in [0.3, 0.4) is 0 Å². The Balaban J connectivity index is 2.46. The van der Waals surface area contributed by atoms with Crippen LogP contribution < -0.4 is 5.32 Å². The topological polar surface area (TPSA) is 149 Å². The number of hydrogen-bond acceptors (Lipinski definition) is 8. The highest BCUT2D eigenvalue weighted by Gasteiger charge is 2.44. The van der Waals surface area contributed by atoms with Crippen LogP contribution in [0, 0.1) is 0 Å². The molecule has 7 atom stereocenters. The molecule has 9 heteroatoms.